The third kappa shape index (κ3) is 4.41. The van der Waals surface area contributed by atoms with E-state index in [1.54, 1.807) is 7.11 Å². The van der Waals surface area contributed by atoms with Gasteiger partial charge in [0.25, 0.3) is 11.8 Å². The molecule has 168 valence electrons. The van der Waals surface area contributed by atoms with Crippen LogP contribution in [0.1, 0.15) is 24.0 Å². The lowest BCUT2D eigenvalue weighted by atomic mass is 10.00. The smallest absolute Gasteiger partial charge is 0.277 e. The number of methoxy groups -OCH3 is 1. The van der Waals surface area contributed by atoms with Crippen molar-refractivity contribution >= 4 is 17.4 Å². The summed E-state index contributed by atoms with van der Waals surface area (Å²) < 4.78 is 5.27. The summed E-state index contributed by atoms with van der Waals surface area (Å²) in [6.45, 7) is 2.34. The van der Waals surface area contributed by atoms with Crippen LogP contribution in [0.25, 0.3) is 5.57 Å². The first kappa shape index (κ1) is 22.1. The Morgan fingerprint density at radius 2 is 1.62 bits per heavy atom. The van der Waals surface area contributed by atoms with Crippen molar-refractivity contribution in [3.05, 3.63) is 71.4 Å². The summed E-state index contributed by atoms with van der Waals surface area (Å²) in [5, 5.41) is 0. The third-order valence-corrected chi connectivity index (χ3v) is 6.58. The number of imide groups is 1. The Morgan fingerprint density at radius 1 is 0.969 bits per heavy atom. The number of hydrogen-bond acceptors (Lipinski definition) is 5. The summed E-state index contributed by atoms with van der Waals surface area (Å²) in [7, 11) is 5.69. The van der Waals surface area contributed by atoms with Gasteiger partial charge in [-0.05, 0) is 62.7 Å². The van der Waals surface area contributed by atoms with Gasteiger partial charge in [0.1, 0.15) is 11.4 Å². The maximum Gasteiger partial charge on any atom is 0.277 e. The predicted molar refractivity (Wildman–Crippen MR) is 125 cm³/mol. The monoisotopic (exact) mass is 433 g/mol. The molecule has 0 N–H and O–H groups in total. The maximum absolute atomic E-state index is 13.6. The van der Waals surface area contributed by atoms with Crippen molar-refractivity contribution in [3.8, 4) is 5.75 Å². The largest absolute Gasteiger partial charge is 0.497 e. The molecule has 2 aromatic rings. The highest BCUT2D eigenvalue weighted by Gasteiger charge is 2.42. The Kier molecular flexibility index (Phi) is 6.61. The lowest BCUT2D eigenvalue weighted by Gasteiger charge is -2.36. The second kappa shape index (κ2) is 9.57. The molecule has 6 nitrogen and oxygen atoms in total. The molecule has 2 amide bonds. The molecule has 0 bridgehead atoms. The molecule has 1 fully saturated rings. The summed E-state index contributed by atoms with van der Waals surface area (Å²) in [5.41, 5.74) is 2.87. The van der Waals surface area contributed by atoms with Crippen LogP contribution in [0.15, 0.2) is 60.3 Å². The Bertz CT molecular complexity index is 993. The average Bonchev–Trinajstić information content (AvgIpc) is 3.08. The van der Waals surface area contributed by atoms with Gasteiger partial charge in [-0.2, -0.15) is 0 Å². The molecule has 0 spiro atoms. The lowest BCUT2D eigenvalue weighted by molar-refractivity contribution is -0.137. The molecule has 32 heavy (non-hydrogen) atoms. The number of carbonyl (C=O) groups excluding carboxylic acids is 2. The topological polar surface area (TPSA) is 53.1 Å². The molecule has 2 heterocycles. The van der Waals surface area contributed by atoms with E-state index < -0.39 is 0 Å². The molecule has 0 aliphatic carbocycles. The summed E-state index contributed by atoms with van der Waals surface area (Å²) in [6, 6.07) is 17.6. The van der Waals surface area contributed by atoms with Crippen molar-refractivity contribution in [1.82, 2.24) is 14.7 Å². The predicted octanol–water partition coefficient (Wildman–Crippen LogP) is 3.04. The minimum Gasteiger partial charge on any atom is -0.497 e. The molecule has 0 radical (unpaired) electrons. The number of ether oxygens (including phenoxy) is 1. The van der Waals surface area contributed by atoms with E-state index in [0.29, 0.717) is 24.2 Å². The minimum absolute atomic E-state index is 0.196. The van der Waals surface area contributed by atoms with Crippen LogP contribution in [0, 0.1) is 0 Å². The lowest BCUT2D eigenvalue weighted by Crippen LogP contribution is -2.43. The molecule has 1 saturated heterocycles. The minimum atomic E-state index is -0.217. The first-order chi connectivity index (χ1) is 15.5. The van der Waals surface area contributed by atoms with Crippen molar-refractivity contribution in [2.24, 2.45) is 0 Å². The number of carbonyl (C=O) groups is 2. The van der Waals surface area contributed by atoms with Gasteiger partial charge in [-0.3, -0.25) is 14.5 Å². The SMILES string of the molecule is COc1ccc(C2=C(N(C)C3CCN(C)CC3)C(=O)N(CCc3ccccc3)C2=O)cc1. The van der Waals surface area contributed by atoms with Crippen molar-refractivity contribution in [3.63, 3.8) is 0 Å². The van der Waals surface area contributed by atoms with E-state index >= 15 is 0 Å². The molecule has 0 unspecified atom stereocenters. The molecule has 6 heteroatoms. The molecular weight excluding hydrogens is 402 g/mol. The van der Waals surface area contributed by atoms with Crippen molar-refractivity contribution < 1.29 is 14.3 Å². The first-order valence-corrected chi connectivity index (χ1v) is 11.2. The number of amides is 2. The molecule has 0 aromatic heterocycles. The number of piperidine rings is 1. The van der Waals surface area contributed by atoms with E-state index in [4.69, 9.17) is 4.74 Å². The van der Waals surface area contributed by atoms with Crippen LogP contribution in [-0.4, -0.2) is 73.4 Å². The van der Waals surface area contributed by atoms with Crippen molar-refractivity contribution in [2.45, 2.75) is 25.3 Å². The number of likely N-dealkylation sites (N-methyl/N-ethyl adjacent to an activating group) is 1. The van der Waals surface area contributed by atoms with Crippen LogP contribution in [-0.2, 0) is 16.0 Å². The summed E-state index contributed by atoms with van der Waals surface area (Å²) in [4.78, 5) is 32.8. The van der Waals surface area contributed by atoms with Gasteiger partial charge in [0.2, 0.25) is 0 Å². The fourth-order valence-corrected chi connectivity index (χ4v) is 4.56. The standard InChI is InChI=1S/C26H31N3O3/c1-27-16-14-21(15-17-27)28(2)24-23(20-9-11-22(32-3)12-10-20)25(30)29(26(24)31)18-13-19-7-5-4-6-8-19/h4-12,21H,13-18H2,1-3H3. The quantitative estimate of drug-likeness (QED) is 0.629. The van der Waals surface area contributed by atoms with Gasteiger partial charge in [-0.25, -0.2) is 0 Å². The zero-order valence-electron chi connectivity index (χ0n) is 19.1. The van der Waals surface area contributed by atoms with Gasteiger partial charge >= 0.3 is 0 Å². The summed E-state index contributed by atoms with van der Waals surface area (Å²) >= 11 is 0. The van der Waals surface area contributed by atoms with Crippen LogP contribution in [0.3, 0.4) is 0 Å². The number of benzene rings is 2. The maximum atomic E-state index is 13.6. The van der Waals surface area contributed by atoms with Gasteiger partial charge in [0.15, 0.2) is 0 Å². The van der Waals surface area contributed by atoms with Crippen LogP contribution in [0.4, 0.5) is 0 Å². The van der Waals surface area contributed by atoms with E-state index in [9.17, 15) is 9.59 Å². The number of nitrogens with zero attached hydrogens (tertiary/aromatic N) is 3. The molecule has 2 aromatic carbocycles. The fraction of sp³-hybridized carbons (Fsp3) is 0.385. The van der Waals surface area contributed by atoms with E-state index in [1.807, 2.05) is 61.6 Å². The van der Waals surface area contributed by atoms with Crippen molar-refractivity contribution in [1.29, 1.82) is 0 Å². The van der Waals surface area contributed by atoms with Crippen molar-refractivity contribution in [2.75, 3.05) is 40.8 Å². The van der Waals surface area contributed by atoms with E-state index in [0.717, 1.165) is 42.8 Å². The zero-order valence-corrected chi connectivity index (χ0v) is 19.1. The third-order valence-electron chi connectivity index (χ3n) is 6.58. The van der Waals surface area contributed by atoms with Crippen LogP contribution in [0.2, 0.25) is 0 Å². The molecule has 0 saturated carbocycles. The zero-order chi connectivity index (χ0) is 22.7. The fourth-order valence-electron chi connectivity index (χ4n) is 4.56. The Balaban J connectivity index is 1.65. The van der Waals surface area contributed by atoms with Crippen LogP contribution in [0.5, 0.6) is 5.75 Å². The Morgan fingerprint density at radius 3 is 2.25 bits per heavy atom. The van der Waals surface area contributed by atoms with Gasteiger partial charge in [-0.15, -0.1) is 0 Å². The average molecular weight is 434 g/mol. The first-order valence-electron chi connectivity index (χ1n) is 11.2. The number of hydrogen-bond donors (Lipinski definition) is 0. The number of rotatable bonds is 7. The second-order valence-corrected chi connectivity index (χ2v) is 8.60. The molecule has 4 rings (SSSR count). The highest BCUT2D eigenvalue weighted by atomic mass is 16.5. The van der Waals surface area contributed by atoms with Gasteiger partial charge in [0, 0.05) is 19.6 Å². The highest BCUT2D eigenvalue weighted by molar-refractivity contribution is 6.35. The molecule has 0 atom stereocenters. The number of likely N-dealkylation sites (tertiary alicyclic amines) is 1. The van der Waals surface area contributed by atoms with E-state index in [2.05, 4.69) is 16.8 Å². The molecular formula is C26H31N3O3. The van der Waals surface area contributed by atoms with Gasteiger partial charge < -0.3 is 14.5 Å². The van der Waals surface area contributed by atoms with E-state index in [-0.39, 0.29) is 17.9 Å². The van der Waals surface area contributed by atoms with Crippen LogP contribution >= 0.6 is 0 Å². The van der Waals surface area contributed by atoms with Gasteiger partial charge in [0.05, 0.1) is 12.7 Å². The second-order valence-electron chi connectivity index (χ2n) is 8.60. The van der Waals surface area contributed by atoms with E-state index in [1.165, 1.54) is 4.90 Å². The molecule has 2 aliphatic rings. The normalized spacial score (nSPS) is 17.9. The van der Waals surface area contributed by atoms with Gasteiger partial charge in [-0.1, -0.05) is 42.5 Å². The van der Waals surface area contributed by atoms with Crippen LogP contribution < -0.4 is 4.74 Å². The highest BCUT2D eigenvalue weighted by Crippen LogP contribution is 2.34. The Labute approximate surface area is 190 Å². The summed E-state index contributed by atoms with van der Waals surface area (Å²) in [6.07, 6.45) is 2.58. The Hall–Kier alpha value is -3.12. The molecule has 2 aliphatic heterocycles. The summed E-state index contributed by atoms with van der Waals surface area (Å²) in [5.74, 6) is 0.307.